The van der Waals surface area contributed by atoms with Crippen LogP contribution in [0.4, 0.5) is 0 Å². The van der Waals surface area contributed by atoms with E-state index < -0.39 is 0 Å². The van der Waals surface area contributed by atoms with E-state index in [1.165, 1.54) is 29.5 Å². The molecule has 6 heteroatoms. The first-order chi connectivity index (χ1) is 15.2. The van der Waals surface area contributed by atoms with E-state index in [1.54, 1.807) is 13.2 Å². The molecule has 1 aliphatic rings. The first-order valence-corrected chi connectivity index (χ1v) is 10.9. The number of aliphatic imine (C=N–C) groups is 1. The van der Waals surface area contributed by atoms with E-state index in [9.17, 15) is 0 Å². The Bertz CT molecular complexity index is 1010. The van der Waals surface area contributed by atoms with Crippen molar-refractivity contribution in [3.63, 3.8) is 0 Å². The van der Waals surface area contributed by atoms with Crippen LogP contribution in [-0.2, 0) is 19.6 Å². The first kappa shape index (κ1) is 21.0. The van der Waals surface area contributed by atoms with Crippen molar-refractivity contribution in [2.75, 3.05) is 13.7 Å². The van der Waals surface area contributed by atoms with Crippen LogP contribution in [-0.4, -0.2) is 29.2 Å². The monoisotopic (exact) mass is 417 g/mol. The van der Waals surface area contributed by atoms with Crippen LogP contribution in [0.1, 0.15) is 35.1 Å². The van der Waals surface area contributed by atoms with Gasteiger partial charge in [-0.1, -0.05) is 36.4 Å². The van der Waals surface area contributed by atoms with Gasteiger partial charge in [0.1, 0.15) is 5.75 Å². The van der Waals surface area contributed by atoms with Gasteiger partial charge in [-0.15, -0.1) is 0 Å². The second-order valence-corrected chi connectivity index (χ2v) is 8.20. The lowest BCUT2D eigenvalue weighted by molar-refractivity contribution is 0.296. The zero-order chi connectivity index (χ0) is 21.5. The zero-order valence-corrected chi connectivity index (χ0v) is 18.3. The summed E-state index contributed by atoms with van der Waals surface area (Å²) in [5, 5.41) is 6.83. The normalized spacial score (nSPS) is 13.8. The molecule has 1 fully saturated rings. The number of rotatable bonds is 9. The van der Waals surface area contributed by atoms with Crippen molar-refractivity contribution in [2.24, 2.45) is 10.9 Å². The van der Waals surface area contributed by atoms with Crippen molar-refractivity contribution < 1.29 is 4.74 Å². The van der Waals surface area contributed by atoms with Crippen molar-refractivity contribution in [2.45, 2.75) is 39.4 Å². The topological polar surface area (TPSA) is 63.5 Å². The van der Waals surface area contributed by atoms with Crippen LogP contribution in [0.25, 0.3) is 0 Å². The second kappa shape index (κ2) is 10.2. The fraction of sp³-hybridized carbons (Fsp3) is 0.360. The Morgan fingerprint density at radius 3 is 2.74 bits per heavy atom. The third-order valence-electron chi connectivity index (χ3n) is 5.44. The first-order valence-electron chi connectivity index (χ1n) is 10.9. The molecule has 162 valence electrons. The maximum absolute atomic E-state index is 6.09. The minimum atomic E-state index is 0.667. The number of ether oxygens (including phenoxy) is 1. The number of imidazole rings is 1. The molecule has 0 bridgehead atoms. The van der Waals surface area contributed by atoms with E-state index in [2.05, 4.69) is 74.6 Å². The molecular formula is C25H31N5O. The van der Waals surface area contributed by atoms with E-state index in [1.807, 2.05) is 12.5 Å². The number of nitrogens with zero attached hydrogens (tertiary/aromatic N) is 3. The minimum Gasteiger partial charge on any atom is -0.493 e. The standard InChI is InChI=1S/C25H31N5O/c1-19-6-9-23(24(12-19)31-17-20-7-8-20)15-29-25(26-2)28-14-21-4-3-5-22(13-21)16-30-11-10-27-18-30/h3-6,9-13,18,20H,7-8,14-17H2,1-2H3,(H2,26,28,29). The molecule has 2 aromatic carbocycles. The summed E-state index contributed by atoms with van der Waals surface area (Å²) in [7, 11) is 1.80. The van der Waals surface area contributed by atoms with Gasteiger partial charge in [0.15, 0.2) is 5.96 Å². The molecule has 1 saturated carbocycles. The largest absolute Gasteiger partial charge is 0.493 e. The average molecular weight is 418 g/mol. The highest BCUT2D eigenvalue weighted by Crippen LogP contribution is 2.30. The molecule has 4 rings (SSSR count). The summed E-state index contributed by atoms with van der Waals surface area (Å²) >= 11 is 0. The van der Waals surface area contributed by atoms with Crippen molar-refractivity contribution in [1.29, 1.82) is 0 Å². The lowest BCUT2D eigenvalue weighted by atomic mass is 10.1. The summed E-state index contributed by atoms with van der Waals surface area (Å²) in [6.07, 6.45) is 8.20. The highest BCUT2D eigenvalue weighted by atomic mass is 16.5. The van der Waals surface area contributed by atoms with Crippen LogP contribution in [0.5, 0.6) is 5.75 Å². The molecule has 0 unspecified atom stereocenters. The van der Waals surface area contributed by atoms with Gasteiger partial charge in [-0.2, -0.15) is 0 Å². The third-order valence-corrected chi connectivity index (χ3v) is 5.44. The molecule has 6 nitrogen and oxygen atoms in total. The minimum absolute atomic E-state index is 0.667. The molecule has 0 amide bonds. The van der Waals surface area contributed by atoms with Crippen LogP contribution < -0.4 is 15.4 Å². The fourth-order valence-electron chi connectivity index (χ4n) is 3.45. The summed E-state index contributed by atoms with van der Waals surface area (Å²) in [6, 6.07) is 15.0. The molecule has 31 heavy (non-hydrogen) atoms. The Hall–Kier alpha value is -3.28. The van der Waals surface area contributed by atoms with Crippen molar-refractivity contribution in [3.8, 4) is 5.75 Å². The van der Waals surface area contributed by atoms with Gasteiger partial charge in [-0.05, 0) is 48.4 Å². The predicted octanol–water partition coefficient (Wildman–Crippen LogP) is 3.89. The molecular weight excluding hydrogens is 386 g/mol. The Morgan fingerprint density at radius 1 is 1.13 bits per heavy atom. The summed E-state index contributed by atoms with van der Waals surface area (Å²) in [4.78, 5) is 8.48. The van der Waals surface area contributed by atoms with Gasteiger partial charge in [0.05, 0.1) is 12.9 Å². The highest BCUT2D eigenvalue weighted by molar-refractivity contribution is 5.79. The molecule has 3 aromatic rings. The summed E-state index contributed by atoms with van der Waals surface area (Å²) in [5.41, 5.74) is 4.82. The van der Waals surface area contributed by atoms with E-state index in [-0.39, 0.29) is 0 Å². The number of nitrogens with one attached hydrogen (secondary N) is 2. The van der Waals surface area contributed by atoms with Crippen molar-refractivity contribution >= 4 is 5.96 Å². The molecule has 0 aliphatic heterocycles. The second-order valence-electron chi connectivity index (χ2n) is 8.20. The van der Waals surface area contributed by atoms with Gasteiger partial charge in [0, 0.05) is 44.6 Å². The third kappa shape index (κ3) is 6.35. The van der Waals surface area contributed by atoms with Crippen LogP contribution in [0.3, 0.4) is 0 Å². The molecule has 1 heterocycles. The summed E-state index contributed by atoms with van der Waals surface area (Å²) < 4.78 is 8.15. The number of aromatic nitrogens is 2. The smallest absolute Gasteiger partial charge is 0.191 e. The van der Waals surface area contributed by atoms with Crippen LogP contribution >= 0.6 is 0 Å². The van der Waals surface area contributed by atoms with Gasteiger partial charge < -0.3 is 19.9 Å². The lowest BCUT2D eigenvalue weighted by Gasteiger charge is -2.16. The fourth-order valence-corrected chi connectivity index (χ4v) is 3.45. The molecule has 1 aliphatic carbocycles. The molecule has 2 N–H and O–H groups in total. The number of hydrogen-bond donors (Lipinski definition) is 2. The van der Waals surface area contributed by atoms with E-state index >= 15 is 0 Å². The molecule has 1 aromatic heterocycles. The summed E-state index contributed by atoms with van der Waals surface area (Å²) in [5.74, 6) is 2.48. The van der Waals surface area contributed by atoms with Gasteiger partial charge in [0.2, 0.25) is 0 Å². The van der Waals surface area contributed by atoms with Crippen molar-refractivity contribution in [1.82, 2.24) is 20.2 Å². The molecule has 0 atom stereocenters. The van der Waals surface area contributed by atoms with Gasteiger partial charge >= 0.3 is 0 Å². The lowest BCUT2D eigenvalue weighted by Crippen LogP contribution is -2.36. The predicted molar refractivity (Wildman–Crippen MR) is 124 cm³/mol. The molecule has 0 saturated heterocycles. The Balaban J connectivity index is 1.31. The zero-order valence-electron chi connectivity index (χ0n) is 18.3. The number of aryl methyl sites for hydroxylation is 1. The quantitative estimate of drug-likeness (QED) is 0.410. The number of benzene rings is 2. The van der Waals surface area contributed by atoms with Crippen LogP contribution in [0.15, 0.2) is 66.2 Å². The molecule has 0 radical (unpaired) electrons. The van der Waals surface area contributed by atoms with E-state index in [4.69, 9.17) is 4.74 Å². The Labute approximate surface area is 184 Å². The SMILES string of the molecule is CN=C(NCc1cccc(Cn2ccnc2)c1)NCc1ccc(C)cc1OCC1CC1. The van der Waals surface area contributed by atoms with Crippen LogP contribution in [0.2, 0.25) is 0 Å². The van der Waals surface area contributed by atoms with Gasteiger partial charge in [0.25, 0.3) is 0 Å². The number of guanidine groups is 1. The van der Waals surface area contributed by atoms with E-state index in [0.717, 1.165) is 36.3 Å². The molecule has 0 spiro atoms. The number of hydrogen-bond acceptors (Lipinski definition) is 3. The van der Waals surface area contributed by atoms with Crippen LogP contribution in [0, 0.1) is 12.8 Å². The Kier molecular flexibility index (Phi) is 6.87. The highest BCUT2D eigenvalue weighted by Gasteiger charge is 2.22. The Morgan fingerprint density at radius 2 is 1.97 bits per heavy atom. The summed E-state index contributed by atoms with van der Waals surface area (Å²) in [6.45, 7) is 5.11. The maximum atomic E-state index is 6.09. The van der Waals surface area contributed by atoms with Gasteiger partial charge in [-0.25, -0.2) is 4.98 Å². The maximum Gasteiger partial charge on any atom is 0.191 e. The van der Waals surface area contributed by atoms with Gasteiger partial charge in [-0.3, -0.25) is 4.99 Å². The van der Waals surface area contributed by atoms with E-state index in [0.29, 0.717) is 13.1 Å². The average Bonchev–Trinajstić information content (AvgIpc) is 3.48. The van der Waals surface area contributed by atoms with Crippen molar-refractivity contribution in [3.05, 3.63) is 83.4 Å².